The molecule has 0 radical (unpaired) electrons. The van der Waals surface area contributed by atoms with E-state index in [2.05, 4.69) is 10.6 Å². The molecule has 162 valence electrons. The van der Waals surface area contributed by atoms with Gasteiger partial charge >= 0.3 is 0 Å². The van der Waals surface area contributed by atoms with Crippen molar-refractivity contribution in [3.05, 3.63) is 88.9 Å². The molecule has 2 N–H and O–H groups in total. The van der Waals surface area contributed by atoms with Crippen molar-refractivity contribution in [1.29, 1.82) is 0 Å². The first-order valence-corrected chi connectivity index (χ1v) is 10.3. The van der Waals surface area contributed by atoms with Crippen LogP contribution < -0.4 is 20.1 Å². The lowest BCUT2D eigenvalue weighted by molar-refractivity contribution is 0.0906. The average Bonchev–Trinajstić information content (AvgIpc) is 2.78. The monoisotopic (exact) mass is 458 g/mol. The average molecular weight is 459 g/mol. The van der Waals surface area contributed by atoms with Gasteiger partial charge in [-0.15, -0.1) is 12.4 Å². The number of hydrogen-bond acceptors (Lipinski definition) is 4. The minimum Gasteiger partial charge on any atom is -0.486 e. The van der Waals surface area contributed by atoms with Gasteiger partial charge in [0.15, 0.2) is 11.5 Å². The van der Waals surface area contributed by atoms with E-state index in [-0.39, 0.29) is 24.4 Å². The third kappa shape index (κ3) is 6.37. The third-order valence-electron chi connectivity index (χ3n) is 4.83. The highest BCUT2D eigenvalue weighted by Gasteiger charge is 2.20. The Balaban J connectivity index is 0.00000272. The zero-order valence-electron chi connectivity index (χ0n) is 16.8. The quantitative estimate of drug-likeness (QED) is 0.489. The van der Waals surface area contributed by atoms with Crippen LogP contribution in [0, 0.1) is 0 Å². The van der Waals surface area contributed by atoms with E-state index in [0.717, 1.165) is 24.4 Å². The molecule has 31 heavy (non-hydrogen) atoms. The molecule has 1 unspecified atom stereocenters. The van der Waals surface area contributed by atoms with Crippen LogP contribution in [0.3, 0.4) is 0 Å². The Morgan fingerprint density at radius 2 is 1.77 bits per heavy atom. The Morgan fingerprint density at radius 3 is 2.55 bits per heavy atom. The minimum atomic E-state index is -0.109. The number of halogens is 2. The third-order valence-corrected chi connectivity index (χ3v) is 5.07. The maximum Gasteiger partial charge on any atom is 0.255 e. The van der Waals surface area contributed by atoms with E-state index in [1.807, 2.05) is 48.5 Å². The van der Waals surface area contributed by atoms with Gasteiger partial charge in [0.2, 0.25) is 0 Å². The summed E-state index contributed by atoms with van der Waals surface area (Å²) in [5.74, 6) is 1.31. The Labute approximate surface area is 193 Å². The number of hydrogen-bond donors (Lipinski definition) is 2. The van der Waals surface area contributed by atoms with E-state index < -0.39 is 0 Å². The largest absolute Gasteiger partial charge is 0.486 e. The van der Waals surface area contributed by atoms with Crippen molar-refractivity contribution >= 4 is 35.6 Å². The lowest BCUT2D eigenvalue weighted by atomic mass is 10.1. The van der Waals surface area contributed by atoms with Crippen LogP contribution in [0.5, 0.6) is 11.5 Å². The van der Waals surface area contributed by atoms with Crippen molar-refractivity contribution in [2.75, 3.05) is 25.0 Å². The van der Waals surface area contributed by atoms with Crippen molar-refractivity contribution in [2.45, 2.75) is 12.5 Å². The Hall–Kier alpha value is -2.73. The number of nitrogens with one attached hydrogen (secondary N) is 2. The number of amides is 1. The lowest BCUT2D eigenvalue weighted by Crippen LogP contribution is -2.39. The standard InChI is InChI=1S/C24H23ClN2O3.ClH/c25-19-8-11-22-23(14-19)30-21(16-29-22)15-26-13-12-17-6-9-20(10-7-17)27-24(28)18-4-2-1-3-5-18;/h1-11,14,21,26H,12-13,15-16H2,(H,27,28);1H. The molecular formula is C24H24Cl2N2O3. The summed E-state index contributed by atoms with van der Waals surface area (Å²) in [6.45, 7) is 2.02. The minimum absolute atomic E-state index is 0. The first-order valence-electron chi connectivity index (χ1n) is 9.92. The molecule has 3 aromatic rings. The molecule has 7 heteroatoms. The van der Waals surface area contributed by atoms with Crippen molar-refractivity contribution < 1.29 is 14.3 Å². The van der Waals surface area contributed by atoms with Crippen LogP contribution in [0.1, 0.15) is 15.9 Å². The summed E-state index contributed by atoms with van der Waals surface area (Å²) in [5.41, 5.74) is 2.62. The van der Waals surface area contributed by atoms with E-state index in [4.69, 9.17) is 21.1 Å². The first-order chi connectivity index (χ1) is 14.7. The van der Waals surface area contributed by atoms with Crippen LogP contribution in [0.25, 0.3) is 0 Å². The maximum atomic E-state index is 12.2. The van der Waals surface area contributed by atoms with Gasteiger partial charge in [-0.05, 0) is 54.9 Å². The van der Waals surface area contributed by atoms with Gasteiger partial charge in [0.1, 0.15) is 12.7 Å². The fraction of sp³-hybridized carbons (Fsp3) is 0.208. The molecule has 0 spiro atoms. The highest BCUT2D eigenvalue weighted by Crippen LogP contribution is 2.33. The molecule has 0 aromatic heterocycles. The molecule has 1 amide bonds. The van der Waals surface area contributed by atoms with Crippen LogP contribution in [0.2, 0.25) is 5.02 Å². The highest BCUT2D eigenvalue weighted by atomic mass is 35.5. The Kier molecular flexibility index (Phi) is 8.18. The number of fused-ring (bicyclic) bond motifs is 1. The molecule has 0 fully saturated rings. The molecule has 4 rings (SSSR count). The summed E-state index contributed by atoms with van der Waals surface area (Å²) in [6.07, 6.45) is 0.828. The van der Waals surface area contributed by atoms with Crippen molar-refractivity contribution in [2.24, 2.45) is 0 Å². The van der Waals surface area contributed by atoms with E-state index >= 15 is 0 Å². The molecule has 5 nitrogen and oxygen atoms in total. The van der Waals surface area contributed by atoms with Gasteiger partial charge in [-0.3, -0.25) is 4.79 Å². The maximum absolute atomic E-state index is 12.2. The summed E-state index contributed by atoms with van der Waals surface area (Å²) >= 11 is 6.01. The summed E-state index contributed by atoms with van der Waals surface area (Å²) in [6, 6.07) is 22.5. The fourth-order valence-corrected chi connectivity index (χ4v) is 3.40. The van der Waals surface area contributed by atoms with Gasteiger partial charge in [-0.2, -0.15) is 0 Å². The van der Waals surface area contributed by atoms with Gasteiger partial charge in [0, 0.05) is 28.9 Å². The van der Waals surface area contributed by atoms with Crippen molar-refractivity contribution in [3.8, 4) is 11.5 Å². The van der Waals surface area contributed by atoms with Gasteiger partial charge < -0.3 is 20.1 Å². The van der Waals surface area contributed by atoms with Gasteiger partial charge in [-0.25, -0.2) is 0 Å². The predicted molar refractivity (Wildman–Crippen MR) is 126 cm³/mol. The molecule has 0 saturated heterocycles. The van der Waals surface area contributed by atoms with E-state index in [0.29, 0.717) is 29.5 Å². The smallest absolute Gasteiger partial charge is 0.255 e. The van der Waals surface area contributed by atoms with Gasteiger partial charge in [-0.1, -0.05) is 41.9 Å². The number of carbonyl (C=O) groups is 1. The normalized spacial score (nSPS) is 14.4. The Morgan fingerprint density at radius 1 is 1.00 bits per heavy atom. The number of benzene rings is 3. The van der Waals surface area contributed by atoms with Crippen LogP contribution in [-0.4, -0.2) is 31.7 Å². The zero-order chi connectivity index (χ0) is 20.8. The summed E-state index contributed by atoms with van der Waals surface area (Å²) < 4.78 is 11.7. The predicted octanol–water partition coefficient (Wildman–Crippen LogP) is 4.99. The van der Waals surface area contributed by atoms with E-state index in [1.165, 1.54) is 5.56 Å². The lowest BCUT2D eigenvalue weighted by Gasteiger charge is -2.26. The van der Waals surface area contributed by atoms with E-state index in [9.17, 15) is 4.79 Å². The highest BCUT2D eigenvalue weighted by molar-refractivity contribution is 6.30. The summed E-state index contributed by atoms with van der Waals surface area (Å²) in [7, 11) is 0. The summed E-state index contributed by atoms with van der Waals surface area (Å²) in [4.78, 5) is 12.2. The second-order valence-corrected chi connectivity index (χ2v) is 7.55. The number of ether oxygens (including phenoxy) is 2. The fourth-order valence-electron chi connectivity index (χ4n) is 3.23. The van der Waals surface area contributed by atoms with Crippen LogP contribution >= 0.6 is 24.0 Å². The molecule has 1 atom stereocenters. The van der Waals surface area contributed by atoms with Crippen molar-refractivity contribution in [3.63, 3.8) is 0 Å². The van der Waals surface area contributed by atoms with Crippen molar-refractivity contribution in [1.82, 2.24) is 5.32 Å². The van der Waals surface area contributed by atoms with Crippen LogP contribution in [-0.2, 0) is 6.42 Å². The topological polar surface area (TPSA) is 59.6 Å². The zero-order valence-corrected chi connectivity index (χ0v) is 18.4. The molecule has 1 heterocycles. The van der Waals surface area contributed by atoms with Crippen LogP contribution in [0.15, 0.2) is 72.8 Å². The number of carbonyl (C=O) groups excluding carboxylic acids is 1. The van der Waals surface area contributed by atoms with Crippen LogP contribution in [0.4, 0.5) is 5.69 Å². The number of rotatable bonds is 7. The van der Waals surface area contributed by atoms with Gasteiger partial charge in [0.25, 0.3) is 5.91 Å². The number of anilines is 1. The second-order valence-electron chi connectivity index (χ2n) is 7.11. The molecular weight excluding hydrogens is 435 g/mol. The molecule has 1 aliphatic rings. The SMILES string of the molecule is Cl.O=C(Nc1ccc(CCNCC2COc3ccc(Cl)cc3O2)cc1)c1ccccc1. The molecule has 1 aliphatic heterocycles. The molecule has 0 saturated carbocycles. The molecule has 0 bridgehead atoms. The first kappa shape index (κ1) is 22.9. The molecule has 3 aromatic carbocycles. The molecule has 0 aliphatic carbocycles. The van der Waals surface area contributed by atoms with Gasteiger partial charge in [0.05, 0.1) is 0 Å². The Bertz CT molecular complexity index is 997. The second kappa shape index (κ2) is 11.0. The van der Waals surface area contributed by atoms with E-state index in [1.54, 1.807) is 24.3 Å². The summed E-state index contributed by atoms with van der Waals surface area (Å²) in [5, 5.41) is 6.96.